The van der Waals surface area contributed by atoms with Gasteiger partial charge < -0.3 is 25.5 Å². The highest BCUT2D eigenvalue weighted by Gasteiger charge is 2.46. The van der Waals surface area contributed by atoms with E-state index in [9.17, 15) is 25.5 Å². The van der Waals surface area contributed by atoms with Gasteiger partial charge in [0.1, 0.15) is 36.2 Å². The molecule has 1 aliphatic carbocycles. The van der Waals surface area contributed by atoms with Crippen LogP contribution in [0.1, 0.15) is 0 Å². The molecule has 1 aromatic carbocycles. The minimum absolute atomic E-state index is 0.228. The summed E-state index contributed by atoms with van der Waals surface area (Å²) in [5.74, 6) is 0. The third-order valence-electron chi connectivity index (χ3n) is 3.04. The minimum atomic E-state index is -1.62. The molecule has 2 rings (SSSR count). The smallest absolute Gasteiger partial charge is 0.125 e. The molecule has 1 aliphatic rings. The van der Waals surface area contributed by atoms with Crippen LogP contribution in [0.15, 0.2) is 35.4 Å². The molecule has 0 heterocycles. The summed E-state index contributed by atoms with van der Waals surface area (Å²) in [6.07, 6.45) is -7.93. The predicted octanol–water partition coefficient (Wildman–Crippen LogP) is -1.73. The SMILES string of the molecule is OC1C(=NNc2ccccc2)C(O)C(O)C(O)C1O. The average Bonchev–Trinajstić information content (AvgIpc) is 2.44. The van der Waals surface area contributed by atoms with Gasteiger partial charge >= 0.3 is 0 Å². The van der Waals surface area contributed by atoms with E-state index >= 15 is 0 Å². The summed E-state index contributed by atoms with van der Waals surface area (Å²) >= 11 is 0. The van der Waals surface area contributed by atoms with Crippen molar-refractivity contribution < 1.29 is 25.5 Å². The lowest BCUT2D eigenvalue weighted by Gasteiger charge is -2.36. The monoisotopic (exact) mass is 268 g/mol. The number of para-hydroxylation sites is 1. The van der Waals surface area contributed by atoms with E-state index < -0.39 is 30.5 Å². The first-order valence-corrected chi connectivity index (χ1v) is 5.81. The first-order valence-electron chi connectivity index (χ1n) is 5.81. The Morgan fingerprint density at radius 1 is 0.789 bits per heavy atom. The first-order chi connectivity index (χ1) is 9.02. The Morgan fingerprint density at radius 3 is 1.84 bits per heavy atom. The number of aliphatic hydroxyl groups is 5. The Hall–Kier alpha value is -1.51. The van der Waals surface area contributed by atoms with Crippen LogP contribution in [0.2, 0.25) is 0 Å². The fourth-order valence-electron chi connectivity index (χ4n) is 1.87. The highest BCUT2D eigenvalue weighted by Crippen LogP contribution is 2.19. The van der Waals surface area contributed by atoms with Gasteiger partial charge in [-0.2, -0.15) is 5.10 Å². The van der Waals surface area contributed by atoms with Crippen molar-refractivity contribution in [3.05, 3.63) is 30.3 Å². The second-order valence-corrected chi connectivity index (χ2v) is 4.38. The Balaban J connectivity index is 2.17. The molecule has 0 amide bonds. The molecular formula is C12H16N2O5. The van der Waals surface area contributed by atoms with Crippen LogP contribution < -0.4 is 5.43 Å². The van der Waals surface area contributed by atoms with Crippen molar-refractivity contribution in [1.29, 1.82) is 0 Å². The van der Waals surface area contributed by atoms with Crippen LogP contribution in [-0.2, 0) is 0 Å². The molecule has 0 aliphatic heterocycles. The predicted molar refractivity (Wildman–Crippen MR) is 67.5 cm³/mol. The normalized spacial score (nSPS) is 35.0. The number of hydrazone groups is 1. The number of benzene rings is 1. The summed E-state index contributed by atoms with van der Waals surface area (Å²) in [7, 11) is 0. The molecule has 0 bridgehead atoms. The molecule has 19 heavy (non-hydrogen) atoms. The largest absolute Gasteiger partial charge is 0.387 e. The summed E-state index contributed by atoms with van der Waals surface area (Å²) in [6.45, 7) is 0. The van der Waals surface area contributed by atoms with E-state index in [2.05, 4.69) is 10.5 Å². The number of anilines is 1. The molecule has 6 N–H and O–H groups in total. The molecule has 0 radical (unpaired) electrons. The van der Waals surface area contributed by atoms with Crippen LogP contribution in [0.25, 0.3) is 0 Å². The lowest BCUT2D eigenvalue weighted by Crippen LogP contribution is -2.61. The maximum absolute atomic E-state index is 9.72. The topological polar surface area (TPSA) is 126 Å². The van der Waals surface area contributed by atoms with Crippen molar-refractivity contribution in [3.8, 4) is 0 Å². The number of rotatable bonds is 2. The van der Waals surface area contributed by atoms with Crippen molar-refractivity contribution in [3.63, 3.8) is 0 Å². The van der Waals surface area contributed by atoms with Crippen molar-refractivity contribution in [2.24, 2.45) is 5.10 Å². The zero-order valence-corrected chi connectivity index (χ0v) is 9.96. The van der Waals surface area contributed by atoms with Crippen molar-refractivity contribution >= 4 is 11.4 Å². The van der Waals surface area contributed by atoms with Crippen LogP contribution in [0.4, 0.5) is 5.69 Å². The van der Waals surface area contributed by atoms with Crippen molar-refractivity contribution in [2.75, 3.05) is 5.43 Å². The maximum atomic E-state index is 9.72. The van der Waals surface area contributed by atoms with Gasteiger partial charge in [-0.15, -0.1) is 0 Å². The van der Waals surface area contributed by atoms with E-state index in [-0.39, 0.29) is 5.71 Å². The molecule has 4 unspecified atom stereocenters. The fraction of sp³-hybridized carbons (Fsp3) is 0.417. The third kappa shape index (κ3) is 2.75. The van der Waals surface area contributed by atoms with Crippen LogP contribution in [-0.4, -0.2) is 61.8 Å². The highest BCUT2D eigenvalue weighted by molar-refractivity contribution is 5.95. The Labute approximate surface area is 109 Å². The average molecular weight is 268 g/mol. The fourth-order valence-corrected chi connectivity index (χ4v) is 1.87. The highest BCUT2D eigenvalue weighted by atomic mass is 16.4. The molecule has 4 atom stereocenters. The summed E-state index contributed by atoms with van der Waals surface area (Å²) < 4.78 is 0. The Kier molecular flexibility index (Phi) is 4.13. The molecule has 104 valence electrons. The van der Waals surface area contributed by atoms with Crippen molar-refractivity contribution in [1.82, 2.24) is 0 Å². The van der Waals surface area contributed by atoms with E-state index in [0.29, 0.717) is 5.69 Å². The first kappa shape index (κ1) is 13.9. The van der Waals surface area contributed by atoms with Gasteiger partial charge in [-0.1, -0.05) is 18.2 Å². The second-order valence-electron chi connectivity index (χ2n) is 4.38. The molecule has 1 fully saturated rings. The lowest BCUT2D eigenvalue weighted by atomic mass is 9.85. The van der Waals surface area contributed by atoms with Gasteiger partial charge in [0.15, 0.2) is 0 Å². The van der Waals surface area contributed by atoms with E-state index in [1.54, 1.807) is 24.3 Å². The molecule has 0 aromatic heterocycles. The number of aliphatic hydroxyl groups excluding tert-OH is 5. The quantitative estimate of drug-likeness (QED) is 0.354. The maximum Gasteiger partial charge on any atom is 0.125 e. The van der Waals surface area contributed by atoms with Gasteiger partial charge in [0, 0.05) is 0 Å². The lowest BCUT2D eigenvalue weighted by molar-refractivity contribution is -0.130. The zero-order chi connectivity index (χ0) is 14.0. The van der Waals surface area contributed by atoms with Crippen LogP contribution in [0.5, 0.6) is 0 Å². The van der Waals surface area contributed by atoms with E-state index in [1.165, 1.54) is 0 Å². The minimum Gasteiger partial charge on any atom is -0.387 e. The molecular weight excluding hydrogens is 252 g/mol. The van der Waals surface area contributed by atoms with E-state index in [1.807, 2.05) is 6.07 Å². The molecule has 1 saturated carbocycles. The molecule has 0 saturated heterocycles. The third-order valence-corrected chi connectivity index (χ3v) is 3.04. The molecule has 7 heteroatoms. The number of nitrogens with one attached hydrogen (secondary N) is 1. The van der Waals surface area contributed by atoms with Crippen molar-refractivity contribution in [2.45, 2.75) is 30.5 Å². The summed E-state index contributed by atoms with van der Waals surface area (Å²) in [4.78, 5) is 0. The summed E-state index contributed by atoms with van der Waals surface area (Å²) in [6, 6.07) is 8.78. The van der Waals surface area contributed by atoms with Gasteiger partial charge in [-0.05, 0) is 12.1 Å². The van der Waals surface area contributed by atoms with E-state index in [4.69, 9.17) is 0 Å². The molecule has 0 spiro atoms. The number of hydrogen-bond donors (Lipinski definition) is 6. The number of nitrogens with zero attached hydrogens (tertiary/aromatic N) is 1. The van der Waals surface area contributed by atoms with Gasteiger partial charge in [0.25, 0.3) is 0 Å². The van der Waals surface area contributed by atoms with Crippen LogP contribution >= 0.6 is 0 Å². The Bertz CT molecular complexity index is 435. The van der Waals surface area contributed by atoms with Gasteiger partial charge in [0.05, 0.1) is 5.69 Å². The van der Waals surface area contributed by atoms with Gasteiger partial charge in [-0.3, -0.25) is 5.43 Å². The van der Waals surface area contributed by atoms with E-state index in [0.717, 1.165) is 0 Å². The zero-order valence-electron chi connectivity index (χ0n) is 9.96. The molecule has 1 aromatic rings. The van der Waals surface area contributed by atoms with Gasteiger partial charge in [0.2, 0.25) is 0 Å². The standard InChI is InChI=1S/C12H16N2O5/c15-8-7(9(16)11(18)12(19)10(8)17)14-13-6-4-2-1-3-5-6/h1-5,8-13,15-19H. The summed E-state index contributed by atoms with van der Waals surface area (Å²) in [5, 5.41) is 51.7. The molecule has 7 nitrogen and oxygen atoms in total. The second kappa shape index (κ2) is 5.64. The van der Waals surface area contributed by atoms with Crippen LogP contribution in [0.3, 0.4) is 0 Å². The number of hydrogen-bond acceptors (Lipinski definition) is 7. The van der Waals surface area contributed by atoms with Gasteiger partial charge in [-0.25, -0.2) is 0 Å². The van der Waals surface area contributed by atoms with Crippen LogP contribution in [0, 0.1) is 0 Å². The Morgan fingerprint density at radius 2 is 1.32 bits per heavy atom. The summed E-state index contributed by atoms with van der Waals surface area (Å²) in [5.41, 5.74) is 2.98.